The van der Waals surface area contributed by atoms with E-state index in [9.17, 15) is 26.4 Å². The van der Waals surface area contributed by atoms with Gasteiger partial charge in [0, 0.05) is 12.2 Å². The first-order chi connectivity index (χ1) is 13.5. The van der Waals surface area contributed by atoms with Gasteiger partial charge >= 0.3 is 6.18 Å². The molecule has 0 radical (unpaired) electrons. The molecule has 0 aromatic heterocycles. The van der Waals surface area contributed by atoms with Crippen LogP contribution in [0.3, 0.4) is 0 Å². The number of amides is 1. The van der Waals surface area contributed by atoms with Crippen LogP contribution in [0.4, 0.5) is 18.9 Å². The highest BCUT2D eigenvalue weighted by atomic mass is 32.2. The molecular weight excluding hydrogens is 409 g/mol. The Balaban J connectivity index is 2.13. The molecule has 0 heterocycles. The molecular formula is C19H21F3N2O4S. The molecule has 1 amide bonds. The number of hydrogen-bond acceptors (Lipinski definition) is 4. The highest BCUT2D eigenvalue weighted by Gasteiger charge is 2.30. The number of hydrogen-bond donors (Lipinski definition) is 1. The molecule has 0 bridgehead atoms. The van der Waals surface area contributed by atoms with Gasteiger partial charge in [-0.05, 0) is 55.0 Å². The molecule has 0 saturated carbocycles. The number of anilines is 1. The van der Waals surface area contributed by atoms with Crippen molar-refractivity contribution in [2.75, 3.05) is 25.5 Å². The number of carbonyl (C=O) groups excluding carboxylic acids is 1. The van der Waals surface area contributed by atoms with Crippen molar-refractivity contribution in [3.05, 3.63) is 53.6 Å². The number of sulfonamides is 1. The molecule has 10 heteroatoms. The van der Waals surface area contributed by atoms with Crippen molar-refractivity contribution in [1.82, 2.24) is 4.31 Å². The number of carbonyl (C=O) groups is 1. The predicted octanol–water partition coefficient (Wildman–Crippen LogP) is 3.67. The van der Waals surface area contributed by atoms with Gasteiger partial charge < -0.3 is 10.1 Å². The summed E-state index contributed by atoms with van der Waals surface area (Å²) in [4.78, 5) is 12.3. The summed E-state index contributed by atoms with van der Waals surface area (Å²) in [6.07, 6.45) is -4.48. The van der Waals surface area contributed by atoms with Crippen LogP contribution in [0.5, 0.6) is 5.75 Å². The van der Waals surface area contributed by atoms with E-state index in [4.69, 9.17) is 4.74 Å². The summed E-state index contributed by atoms with van der Waals surface area (Å²) in [5.74, 6) is -0.132. The first-order valence-electron chi connectivity index (χ1n) is 8.61. The largest absolute Gasteiger partial charge is 0.496 e. The summed E-state index contributed by atoms with van der Waals surface area (Å²) in [5.41, 5.74) is -0.0845. The fourth-order valence-electron chi connectivity index (χ4n) is 2.63. The molecule has 6 nitrogen and oxygen atoms in total. The fraction of sp³-hybridized carbons (Fsp3) is 0.316. The zero-order valence-electron chi connectivity index (χ0n) is 16.1. The minimum atomic E-state index is -4.48. The normalized spacial score (nSPS) is 12.1. The summed E-state index contributed by atoms with van der Waals surface area (Å²) in [7, 11) is -2.47. The Hall–Kier alpha value is -2.59. The molecule has 0 atom stereocenters. The molecule has 2 aromatic carbocycles. The highest BCUT2D eigenvalue weighted by molar-refractivity contribution is 7.89. The molecule has 0 fully saturated rings. The third kappa shape index (κ3) is 5.48. The van der Waals surface area contributed by atoms with Gasteiger partial charge in [0.25, 0.3) is 0 Å². The van der Waals surface area contributed by atoms with Gasteiger partial charge in [0.05, 0.1) is 24.1 Å². The van der Waals surface area contributed by atoms with Crippen molar-refractivity contribution < 1.29 is 31.1 Å². The first kappa shape index (κ1) is 22.7. The number of nitrogens with zero attached hydrogens (tertiary/aromatic N) is 1. The minimum absolute atomic E-state index is 0.0139. The van der Waals surface area contributed by atoms with E-state index in [1.54, 1.807) is 13.8 Å². The van der Waals surface area contributed by atoms with Gasteiger partial charge in [-0.2, -0.15) is 17.5 Å². The van der Waals surface area contributed by atoms with Gasteiger partial charge in [-0.3, -0.25) is 4.79 Å². The Labute approximate surface area is 167 Å². The molecule has 2 rings (SSSR count). The Kier molecular flexibility index (Phi) is 6.91. The predicted molar refractivity (Wildman–Crippen MR) is 102 cm³/mol. The van der Waals surface area contributed by atoms with E-state index in [1.165, 1.54) is 25.3 Å². The van der Waals surface area contributed by atoms with Crippen LogP contribution in [0.2, 0.25) is 0 Å². The second-order valence-corrected chi connectivity index (χ2v) is 8.12. The second kappa shape index (κ2) is 8.83. The topological polar surface area (TPSA) is 75.7 Å². The number of nitrogens with one attached hydrogen (secondary N) is 1. The lowest BCUT2D eigenvalue weighted by Gasteiger charge is -2.20. The van der Waals surface area contributed by atoms with Crippen LogP contribution in [0, 0.1) is 6.92 Å². The maximum absolute atomic E-state index is 12.8. The number of alkyl halides is 3. The average molecular weight is 430 g/mol. The number of ether oxygens (including phenoxy) is 1. The third-order valence-corrected chi connectivity index (χ3v) is 6.09. The highest BCUT2D eigenvalue weighted by Crippen LogP contribution is 2.30. The van der Waals surface area contributed by atoms with Crippen LogP contribution in [-0.4, -0.2) is 38.8 Å². The second-order valence-electron chi connectivity index (χ2n) is 6.19. The zero-order chi connectivity index (χ0) is 21.8. The van der Waals surface area contributed by atoms with Crippen LogP contribution < -0.4 is 10.1 Å². The van der Waals surface area contributed by atoms with E-state index in [0.717, 1.165) is 28.6 Å². The summed E-state index contributed by atoms with van der Waals surface area (Å²) in [6, 6.07) is 8.26. The molecule has 1 N–H and O–H groups in total. The van der Waals surface area contributed by atoms with E-state index < -0.39 is 34.2 Å². The number of halogens is 3. The fourth-order valence-corrected chi connectivity index (χ4v) is 4.12. The van der Waals surface area contributed by atoms with E-state index >= 15 is 0 Å². The maximum Gasteiger partial charge on any atom is 0.416 e. The average Bonchev–Trinajstić information content (AvgIpc) is 2.65. The number of likely N-dealkylation sites (N-methyl/N-ethyl adjacent to an activating group) is 1. The van der Waals surface area contributed by atoms with E-state index in [1.807, 2.05) is 0 Å². The van der Waals surface area contributed by atoms with Crippen molar-refractivity contribution >= 4 is 21.6 Å². The number of benzene rings is 2. The van der Waals surface area contributed by atoms with Gasteiger partial charge in [0.1, 0.15) is 5.75 Å². The monoisotopic (exact) mass is 430 g/mol. The zero-order valence-corrected chi connectivity index (χ0v) is 16.9. The van der Waals surface area contributed by atoms with E-state index in [0.29, 0.717) is 11.3 Å². The SMILES string of the molecule is CCN(CC(=O)Nc1ccc(C(F)(F)F)cc1)S(=O)(=O)c1ccc(OC)c(C)c1. The van der Waals surface area contributed by atoms with Gasteiger partial charge in [0.15, 0.2) is 0 Å². The van der Waals surface area contributed by atoms with Crippen molar-refractivity contribution in [2.24, 2.45) is 0 Å². The first-order valence-corrected chi connectivity index (χ1v) is 10.0. The molecule has 0 aliphatic rings. The van der Waals surface area contributed by atoms with Crippen molar-refractivity contribution in [3.63, 3.8) is 0 Å². The van der Waals surface area contributed by atoms with Crippen LogP contribution in [-0.2, 0) is 21.0 Å². The summed E-state index contributed by atoms with van der Waals surface area (Å²) < 4.78 is 69.6. The molecule has 29 heavy (non-hydrogen) atoms. The quantitative estimate of drug-likeness (QED) is 0.727. The van der Waals surface area contributed by atoms with Gasteiger partial charge in [-0.15, -0.1) is 0 Å². The number of rotatable bonds is 7. The maximum atomic E-state index is 12.8. The van der Waals surface area contributed by atoms with E-state index in [-0.39, 0.29) is 17.1 Å². The van der Waals surface area contributed by atoms with E-state index in [2.05, 4.69) is 5.32 Å². The van der Waals surface area contributed by atoms with Gasteiger partial charge in [-0.1, -0.05) is 6.92 Å². The smallest absolute Gasteiger partial charge is 0.416 e. The minimum Gasteiger partial charge on any atom is -0.496 e. The van der Waals surface area contributed by atoms with Crippen LogP contribution in [0.1, 0.15) is 18.1 Å². The lowest BCUT2D eigenvalue weighted by atomic mass is 10.2. The summed E-state index contributed by atoms with van der Waals surface area (Å²) >= 11 is 0. The summed E-state index contributed by atoms with van der Waals surface area (Å²) in [6.45, 7) is 2.84. The van der Waals surface area contributed by atoms with Crippen molar-refractivity contribution in [2.45, 2.75) is 24.9 Å². The number of aryl methyl sites for hydroxylation is 1. The molecule has 0 saturated heterocycles. The molecule has 0 spiro atoms. The van der Waals surface area contributed by atoms with Crippen LogP contribution in [0.15, 0.2) is 47.4 Å². The molecule has 2 aromatic rings. The standard InChI is InChI=1S/C19H21F3N2O4S/c1-4-24(29(26,27)16-9-10-17(28-3)13(2)11-16)12-18(25)23-15-7-5-14(6-8-15)19(20,21)22/h5-11H,4,12H2,1-3H3,(H,23,25). The molecule has 0 aliphatic heterocycles. The van der Waals surface area contributed by atoms with Crippen LogP contribution >= 0.6 is 0 Å². The third-order valence-electron chi connectivity index (χ3n) is 4.17. The lowest BCUT2D eigenvalue weighted by molar-refractivity contribution is -0.137. The van der Waals surface area contributed by atoms with Gasteiger partial charge in [0.2, 0.25) is 15.9 Å². The molecule has 0 aliphatic carbocycles. The Bertz CT molecular complexity index is 974. The Morgan fingerprint density at radius 1 is 1.14 bits per heavy atom. The van der Waals surface area contributed by atoms with Crippen LogP contribution in [0.25, 0.3) is 0 Å². The van der Waals surface area contributed by atoms with Crippen molar-refractivity contribution in [3.8, 4) is 5.75 Å². The molecule has 158 valence electrons. The van der Waals surface area contributed by atoms with Crippen molar-refractivity contribution in [1.29, 1.82) is 0 Å². The number of methoxy groups -OCH3 is 1. The van der Waals surface area contributed by atoms with Gasteiger partial charge in [-0.25, -0.2) is 8.42 Å². The summed E-state index contributed by atoms with van der Waals surface area (Å²) in [5, 5.41) is 2.41. The Morgan fingerprint density at radius 3 is 2.24 bits per heavy atom. The molecule has 0 unspecified atom stereocenters. The Morgan fingerprint density at radius 2 is 1.76 bits per heavy atom. The lowest BCUT2D eigenvalue weighted by Crippen LogP contribution is -2.37.